The summed E-state index contributed by atoms with van der Waals surface area (Å²) in [7, 11) is 1.49. The highest BCUT2D eigenvalue weighted by atomic mass is 19.1. The van der Waals surface area contributed by atoms with E-state index < -0.39 is 0 Å². The van der Waals surface area contributed by atoms with E-state index in [4.69, 9.17) is 4.74 Å². The van der Waals surface area contributed by atoms with Gasteiger partial charge in [0, 0.05) is 25.3 Å². The molecule has 0 bridgehead atoms. The van der Waals surface area contributed by atoms with Gasteiger partial charge in [-0.15, -0.1) is 0 Å². The molecule has 1 atom stereocenters. The lowest BCUT2D eigenvalue weighted by Crippen LogP contribution is -2.48. The number of aryl methyl sites for hydroxylation is 1. The number of amides is 1. The van der Waals surface area contributed by atoms with Crippen LogP contribution in [0.5, 0.6) is 5.88 Å². The number of nitrogens with one attached hydrogen (secondary N) is 1. The molecule has 1 aliphatic heterocycles. The van der Waals surface area contributed by atoms with Crippen LogP contribution in [0.15, 0.2) is 36.5 Å². The highest BCUT2D eigenvalue weighted by Gasteiger charge is 2.24. The van der Waals surface area contributed by atoms with Crippen LogP contribution in [0.25, 0.3) is 0 Å². The lowest BCUT2D eigenvalue weighted by atomic mass is 10.0. The number of benzene rings is 1. The van der Waals surface area contributed by atoms with Gasteiger partial charge in [0.2, 0.25) is 5.88 Å². The number of hydrogen-bond acceptors (Lipinski definition) is 4. The van der Waals surface area contributed by atoms with E-state index in [1.165, 1.54) is 13.2 Å². The first kappa shape index (κ1) is 17.2. The summed E-state index contributed by atoms with van der Waals surface area (Å²) in [4.78, 5) is 18.6. The van der Waals surface area contributed by atoms with Crippen molar-refractivity contribution in [1.82, 2.24) is 10.3 Å². The van der Waals surface area contributed by atoms with E-state index in [1.807, 2.05) is 17.9 Å². The Morgan fingerprint density at radius 3 is 3.04 bits per heavy atom. The van der Waals surface area contributed by atoms with Crippen LogP contribution in [0.3, 0.4) is 0 Å². The molecule has 1 saturated heterocycles. The smallest absolute Gasteiger partial charge is 0.257 e. The molecular weight excluding hydrogens is 321 g/mol. The molecule has 1 unspecified atom stereocenters. The number of rotatable bonds is 4. The van der Waals surface area contributed by atoms with Crippen LogP contribution in [-0.4, -0.2) is 37.1 Å². The Morgan fingerprint density at radius 1 is 1.40 bits per heavy atom. The molecule has 5 nitrogen and oxygen atoms in total. The number of pyridine rings is 1. The van der Waals surface area contributed by atoms with Crippen LogP contribution in [0, 0.1) is 12.7 Å². The molecule has 25 heavy (non-hydrogen) atoms. The average molecular weight is 343 g/mol. The van der Waals surface area contributed by atoms with Gasteiger partial charge in [-0.05, 0) is 49.6 Å². The predicted octanol–water partition coefficient (Wildman–Crippen LogP) is 2.94. The fourth-order valence-electron chi connectivity index (χ4n) is 3.17. The van der Waals surface area contributed by atoms with Crippen molar-refractivity contribution in [2.75, 3.05) is 25.1 Å². The molecule has 1 fully saturated rings. The maximum Gasteiger partial charge on any atom is 0.257 e. The van der Waals surface area contributed by atoms with E-state index >= 15 is 0 Å². The van der Waals surface area contributed by atoms with E-state index in [9.17, 15) is 9.18 Å². The summed E-state index contributed by atoms with van der Waals surface area (Å²) < 4.78 is 19.3. The molecule has 3 rings (SSSR count). The third kappa shape index (κ3) is 3.90. The number of halogens is 1. The summed E-state index contributed by atoms with van der Waals surface area (Å²) >= 11 is 0. The first-order valence-electron chi connectivity index (χ1n) is 8.39. The summed E-state index contributed by atoms with van der Waals surface area (Å²) in [5.41, 5.74) is 2.02. The quantitative estimate of drug-likeness (QED) is 0.927. The van der Waals surface area contributed by atoms with Gasteiger partial charge in [-0.25, -0.2) is 9.37 Å². The maximum atomic E-state index is 14.2. The van der Waals surface area contributed by atoms with Crippen LogP contribution < -0.4 is 15.0 Å². The number of ether oxygens (including phenoxy) is 1. The number of piperidine rings is 1. The second kappa shape index (κ2) is 7.51. The fraction of sp³-hybridized carbons (Fsp3) is 0.368. The number of anilines is 1. The second-order valence-corrected chi connectivity index (χ2v) is 6.27. The van der Waals surface area contributed by atoms with Gasteiger partial charge < -0.3 is 15.0 Å². The number of aromatic nitrogens is 1. The Hall–Kier alpha value is -2.63. The van der Waals surface area contributed by atoms with Crippen molar-refractivity contribution in [2.45, 2.75) is 25.8 Å². The van der Waals surface area contributed by atoms with Crippen LogP contribution in [0.2, 0.25) is 0 Å². The van der Waals surface area contributed by atoms with Crippen LogP contribution >= 0.6 is 0 Å². The summed E-state index contributed by atoms with van der Waals surface area (Å²) in [6, 6.07) is 8.44. The highest BCUT2D eigenvalue weighted by molar-refractivity contribution is 5.96. The SMILES string of the molecule is COc1ncccc1C(=O)NC1CCCN(c2cc(C)ccc2F)C1. The molecule has 1 aliphatic rings. The van der Waals surface area contributed by atoms with E-state index in [0.29, 0.717) is 23.7 Å². The number of nitrogens with zero attached hydrogens (tertiary/aromatic N) is 2. The van der Waals surface area contributed by atoms with Gasteiger partial charge in [-0.2, -0.15) is 0 Å². The molecule has 1 aromatic heterocycles. The van der Waals surface area contributed by atoms with Gasteiger partial charge in [0.1, 0.15) is 11.4 Å². The van der Waals surface area contributed by atoms with E-state index in [1.54, 1.807) is 24.4 Å². The minimum Gasteiger partial charge on any atom is -0.480 e. The highest BCUT2D eigenvalue weighted by Crippen LogP contribution is 2.25. The Kier molecular flexibility index (Phi) is 5.16. The van der Waals surface area contributed by atoms with Crippen LogP contribution in [0.1, 0.15) is 28.8 Å². The molecular formula is C19H22FN3O2. The van der Waals surface area contributed by atoms with E-state index in [2.05, 4.69) is 10.3 Å². The third-order valence-electron chi connectivity index (χ3n) is 4.41. The van der Waals surface area contributed by atoms with Gasteiger partial charge in [0.25, 0.3) is 5.91 Å². The van der Waals surface area contributed by atoms with E-state index in [0.717, 1.165) is 24.9 Å². The van der Waals surface area contributed by atoms with Gasteiger partial charge >= 0.3 is 0 Å². The average Bonchev–Trinajstić information content (AvgIpc) is 2.64. The fourth-order valence-corrected chi connectivity index (χ4v) is 3.17. The van der Waals surface area contributed by atoms with Crippen LogP contribution in [0.4, 0.5) is 10.1 Å². The molecule has 1 aromatic carbocycles. The van der Waals surface area contributed by atoms with Crippen molar-refractivity contribution in [3.05, 3.63) is 53.5 Å². The first-order valence-corrected chi connectivity index (χ1v) is 8.39. The van der Waals surface area contributed by atoms with Crippen molar-refractivity contribution >= 4 is 11.6 Å². The van der Waals surface area contributed by atoms with Gasteiger partial charge in [0.05, 0.1) is 12.8 Å². The second-order valence-electron chi connectivity index (χ2n) is 6.27. The molecule has 2 aromatic rings. The monoisotopic (exact) mass is 343 g/mol. The molecule has 1 amide bonds. The zero-order valence-electron chi connectivity index (χ0n) is 14.5. The molecule has 0 saturated carbocycles. The first-order chi connectivity index (χ1) is 12.1. The maximum absolute atomic E-state index is 14.2. The molecule has 1 N–H and O–H groups in total. The molecule has 0 radical (unpaired) electrons. The summed E-state index contributed by atoms with van der Waals surface area (Å²) in [6.45, 7) is 3.30. The lowest BCUT2D eigenvalue weighted by Gasteiger charge is -2.35. The summed E-state index contributed by atoms with van der Waals surface area (Å²) in [6.07, 6.45) is 3.33. The Bertz CT molecular complexity index is 766. The van der Waals surface area contributed by atoms with E-state index in [-0.39, 0.29) is 17.8 Å². The standard InChI is InChI=1S/C19H22FN3O2/c1-13-7-8-16(20)17(11-13)23-10-4-5-14(12-23)22-18(24)15-6-3-9-21-19(15)25-2/h3,6-9,11,14H,4-5,10,12H2,1-2H3,(H,22,24). The van der Waals surface area contributed by atoms with Crippen molar-refractivity contribution < 1.29 is 13.9 Å². The molecule has 132 valence electrons. The molecule has 0 spiro atoms. The van der Waals surface area contributed by atoms with Gasteiger partial charge in [-0.3, -0.25) is 4.79 Å². The molecule has 0 aliphatic carbocycles. The predicted molar refractivity (Wildman–Crippen MR) is 94.6 cm³/mol. The normalized spacial score (nSPS) is 17.2. The number of carbonyl (C=O) groups excluding carboxylic acids is 1. The van der Waals surface area contributed by atoms with Crippen molar-refractivity contribution in [2.24, 2.45) is 0 Å². The number of hydrogen-bond donors (Lipinski definition) is 1. The van der Waals surface area contributed by atoms with Crippen LogP contribution in [-0.2, 0) is 0 Å². The number of carbonyl (C=O) groups is 1. The third-order valence-corrected chi connectivity index (χ3v) is 4.41. The minimum atomic E-state index is -0.230. The summed E-state index contributed by atoms with van der Waals surface area (Å²) in [5, 5.41) is 3.02. The largest absolute Gasteiger partial charge is 0.480 e. The zero-order chi connectivity index (χ0) is 17.8. The molecule has 6 heteroatoms. The van der Waals surface area contributed by atoms with Crippen molar-refractivity contribution in [3.8, 4) is 5.88 Å². The van der Waals surface area contributed by atoms with Crippen molar-refractivity contribution in [1.29, 1.82) is 0 Å². The Labute approximate surface area is 146 Å². The number of methoxy groups -OCH3 is 1. The Balaban J connectivity index is 1.71. The zero-order valence-corrected chi connectivity index (χ0v) is 14.5. The minimum absolute atomic E-state index is 0.0499. The molecule has 2 heterocycles. The van der Waals surface area contributed by atoms with Gasteiger partial charge in [0.15, 0.2) is 0 Å². The topological polar surface area (TPSA) is 54.5 Å². The van der Waals surface area contributed by atoms with Crippen molar-refractivity contribution in [3.63, 3.8) is 0 Å². The summed E-state index contributed by atoms with van der Waals surface area (Å²) in [5.74, 6) is -0.148. The Morgan fingerprint density at radius 2 is 2.24 bits per heavy atom. The lowest BCUT2D eigenvalue weighted by molar-refractivity contribution is 0.0929. The van der Waals surface area contributed by atoms with Gasteiger partial charge in [-0.1, -0.05) is 6.07 Å².